The predicted molar refractivity (Wildman–Crippen MR) is 94.8 cm³/mol. The Hall–Kier alpha value is -1.59. The molecule has 0 saturated carbocycles. The van der Waals surface area contributed by atoms with Gasteiger partial charge in [-0.2, -0.15) is 0 Å². The molecule has 0 aliphatic carbocycles. The molecule has 23 heavy (non-hydrogen) atoms. The number of benzene rings is 1. The number of nitrogens with one attached hydrogen (secondary N) is 2. The fourth-order valence-electron chi connectivity index (χ4n) is 1.97. The third-order valence-corrected chi connectivity index (χ3v) is 3.87. The fourth-order valence-corrected chi connectivity index (χ4v) is 2.19. The van der Waals surface area contributed by atoms with Crippen LogP contribution in [-0.4, -0.2) is 43.9 Å². The molecule has 0 fully saturated rings. The SMILES string of the molecule is Cc1cc(Cl)ccc1NC(=O)C(C)(C)C(=O)NCCCN(C)C. The second-order valence-corrected chi connectivity index (χ2v) is 6.89. The molecule has 1 aromatic carbocycles. The second-order valence-electron chi connectivity index (χ2n) is 6.45. The zero-order valence-electron chi connectivity index (χ0n) is 14.5. The summed E-state index contributed by atoms with van der Waals surface area (Å²) in [4.78, 5) is 26.8. The Morgan fingerprint density at radius 2 is 1.87 bits per heavy atom. The van der Waals surface area contributed by atoms with Crippen LogP contribution in [0.2, 0.25) is 5.02 Å². The molecule has 1 rings (SSSR count). The van der Waals surface area contributed by atoms with Crippen molar-refractivity contribution < 1.29 is 9.59 Å². The molecular weight excluding hydrogens is 314 g/mol. The van der Waals surface area contributed by atoms with Gasteiger partial charge in [-0.15, -0.1) is 0 Å². The van der Waals surface area contributed by atoms with Crippen molar-refractivity contribution in [2.75, 3.05) is 32.5 Å². The number of hydrogen-bond donors (Lipinski definition) is 2. The molecule has 0 radical (unpaired) electrons. The van der Waals surface area contributed by atoms with Crippen LogP contribution in [0.3, 0.4) is 0 Å². The minimum absolute atomic E-state index is 0.277. The lowest BCUT2D eigenvalue weighted by atomic mass is 9.90. The van der Waals surface area contributed by atoms with Crippen LogP contribution in [0, 0.1) is 12.3 Å². The predicted octanol–water partition coefficient (Wildman–Crippen LogP) is 2.68. The Morgan fingerprint density at radius 1 is 1.22 bits per heavy atom. The molecule has 6 heteroatoms. The van der Waals surface area contributed by atoms with Crippen LogP contribution in [0.1, 0.15) is 25.8 Å². The summed E-state index contributed by atoms with van der Waals surface area (Å²) < 4.78 is 0. The van der Waals surface area contributed by atoms with Crippen molar-refractivity contribution >= 4 is 29.1 Å². The van der Waals surface area contributed by atoms with Gasteiger partial charge in [-0.3, -0.25) is 9.59 Å². The third-order valence-electron chi connectivity index (χ3n) is 3.64. The maximum absolute atomic E-state index is 12.4. The first kappa shape index (κ1) is 19.5. The van der Waals surface area contributed by atoms with Crippen molar-refractivity contribution in [3.05, 3.63) is 28.8 Å². The van der Waals surface area contributed by atoms with E-state index in [1.54, 1.807) is 32.0 Å². The average molecular weight is 340 g/mol. The van der Waals surface area contributed by atoms with Crippen molar-refractivity contribution in [3.8, 4) is 0 Å². The van der Waals surface area contributed by atoms with Crippen LogP contribution in [0.5, 0.6) is 0 Å². The van der Waals surface area contributed by atoms with Gasteiger partial charge in [-0.25, -0.2) is 0 Å². The van der Waals surface area contributed by atoms with Gasteiger partial charge >= 0.3 is 0 Å². The number of rotatable bonds is 7. The maximum Gasteiger partial charge on any atom is 0.239 e. The zero-order chi connectivity index (χ0) is 17.6. The molecule has 128 valence electrons. The molecule has 0 atom stereocenters. The van der Waals surface area contributed by atoms with Gasteiger partial charge < -0.3 is 15.5 Å². The van der Waals surface area contributed by atoms with Crippen molar-refractivity contribution in [1.82, 2.24) is 10.2 Å². The standard InChI is InChI=1S/C17H26ClN3O2/c1-12-11-13(18)7-8-14(12)20-16(23)17(2,3)15(22)19-9-6-10-21(4)5/h7-8,11H,6,9-10H2,1-5H3,(H,19,22)(H,20,23). The fraction of sp³-hybridized carbons (Fsp3) is 0.529. The lowest BCUT2D eigenvalue weighted by Crippen LogP contribution is -2.45. The van der Waals surface area contributed by atoms with E-state index in [0.717, 1.165) is 18.5 Å². The Labute approximate surface area is 143 Å². The Balaban J connectivity index is 2.63. The average Bonchev–Trinajstić information content (AvgIpc) is 2.45. The van der Waals surface area contributed by atoms with Gasteiger partial charge in [0.25, 0.3) is 0 Å². The topological polar surface area (TPSA) is 61.4 Å². The van der Waals surface area contributed by atoms with Crippen molar-refractivity contribution in [3.63, 3.8) is 0 Å². The summed E-state index contributed by atoms with van der Waals surface area (Å²) in [6, 6.07) is 5.21. The van der Waals surface area contributed by atoms with Crippen LogP contribution in [0.4, 0.5) is 5.69 Å². The molecule has 0 heterocycles. The van der Waals surface area contributed by atoms with E-state index in [1.165, 1.54) is 0 Å². The smallest absolute Gasteiger partial charge is 0.239 e. The molecule has 0 spiro atoms. The van der Waals surface area contributed by atoms with E-state index in [2.05, 4.69) is 10.6 Å². The number of nitrogens with zero attached hydrogens (tertiary/aromatic N) is 1. The van der Waals surface area contributed by atoms with E-state index >= 15 is 0 Å². The van der Waals surface area contributed by atoms with Crippen molar-refractivity contribution in [2.45, 2.75) is 27.2 Å². The molecule has 1 aromatic rings. The minimum Gasteiger partial charge on any atom is -0.355 e. The first-order chi connectivity index (χ1) is 10.6. The summed E-state index contributed by atoms with van der Waals surface area (Å²) in [7, 11) is 3.96. The lowest BCUT2D eigenvalue weighted by molar-refractivity contribution is -0.138. The molecule has 0 saturated heterocycles. The van der Waals surface area contributed by atoms with Crippen LogP contribution in [0.15, 0.2) is 18.2 Å². The van der Waals surface area contributed by atoms with Gasteiger partial charge in [0.2, 0.25) is 11.8 Å². The van der Waals surface area contributed by atoms with E-state index in [1.807, 2.05) is 25.9 Å². The number of amides is 2. The van der Waals surface area contributed by atoms with Gasteiger partial charge in [0.05, 0.1) is 0 Å². The van der Waals surface area contributed by atoms with Crippen molar-refractivity contribution in [2.24, 2.45) is 5.41 Å². The number of anilines is 1. The van der Waals surface area contributed by atoms with Gasteiger partial charge in [0, 0.05) is 17.3 Å². The molecule has 5 nitrogen and oxygen atoms in total. The highest BCUT2D eigenvalue weighted by molar-refractivity contribution is 6.30. The van der Waals surface area contributed by atoms with Crippen LogP contribution in [0.25, 0.3) is 0 Å². The molecule has 2 N–H and O–H groups in total. The highest BCUT2D eigenvalue weighted by atomic mass is 35.5. The molecule has 0 aliphatic rings. The summed E-state index contributed by atoms with van der Waals surface area (Å²) >= 11 is 5.91. The van der Waals surface area contributed by atoms with Crippen LogP contribution < -0.4 is 10.6 Å². The zero-order valence-corrected chi connectivity index (χ0v) is 15.3. The summed E-state index contributed by atoms with van der Waals surface area (Å²) in [6.45, 7) is 6.53. The molecule has 0 aliphatic heterocycles. The number of hydrogen-bond acceptors (Lipinski definition) is 3. The molecule has 0 unspecified atom stereocenters. The maximum atomic E-state index is 12.4. The number of carbonyl (C=O) groups excluding carboxylic acids is 2. The monoisotopic (exact) mass is 339 g/mol. The van der Waals surface area contributed by atoms with Crippen molar-refractivity contribution in [1.29, 1.82) is 0 Å². The van der Waals surface area contributed by atoms with E-state index in [9.17, 15) is 9.59 Å². The lowest BCUT2D eigenvalue weighted by Gasteiger charge is -2.23. The number of carbonyl (C=O) groups is 2. The highest BCUT2D eigenvalue weighted by Crippen LogP contribution is 2.23. The van der Waals surface area contributed by atoms with Gasteiger partial charge in [-0.1, -0.05) is 11.6 Å². The van der Waals surface area contributed by atoms with E-state index in [4.69, 9.17) is 11.6 Å². The Kier molecular flexibility index (Phi) is 7.03. The molecular formula is C17H26ClN3O2. The van der Waals surface area contributed by atoms with Gasteiger partial charge in [0.15, 0.2) is 0 Å². The summed E-state index contributed by atoms with van der Waals surface area (Å²) in [5.74, 6) is -0.617. The Morgan fingerprint density at radius 3 is 2.43 bits per heavy atom. The second kappa shape index (κ2) is 8.31. The third kappa shape index (κ3) is 5.84. The van der Waals surface area contributed by atoms with Gasteiger partial charge in [0.1, 0.15) is 5.41 Å². The minimum atomic E-state index is -1.15. The van der Waals surface area contributed by atoms with E-state index in [0.29, 0.717) is 17.3 Å². The van der Waals surface area contributed by atoms with Gasteiger partial charge in [-0.05, 0) is 71.6 Å². The molecule has 0 bridgehead atoms. The summed E-state index contributed by atoms with van der Waals surface area (Å²) in [5, 5.41) is 6.23. The largest absolute Gasteiger partial charge is 0.355 e. The number of halogens is 1. The van der Waals surface area contributed by atoms with Crippen LogP contribution >= 0.6 is 11.6 Å². The van der Waals surface area contributed by atoms with E-state index < -0.39 is 5.41 Å². The number of aryl methyl sites for hydroxylation is 1. The highest BCUT2D eigenvalue weighted by Gasteiger charge is 2.36. The first-order valence-corrected chi connectivity index (χ1v) is 8.03. The Bertz CT molecular complexity index is 571. The van der Waals surface area contributed by atoms with Crippen LogP contribution in [-0.2, 0) is 9.59 Å². The summed E-state index contributed by atoms with van der Waals surface area (Å²) in [5.41, 5.74) is 0.366. The first-order valence-electron chi connectivity index (χ1n) is 7.65. The summed E-state index contributed by atoms with van der Waals surface area (Å²) in [6.07, 6.45) is 0.840. The molecule has 0 aromatic heterocycles. The normalized spacial score (nSPS) is 11.4. The molecule has 2 amide bonds. The van der Waals surface area contributed by atoms with E-state index in [-0.39, 0.29) is 11.8 Å². The quantitative estimate of drug-likeness (QED) is 0.593.